The maximum atomic E-state index is 12.5. The zero-order chi connectivity index (χ0) is 21.9. The zero-order valence-corrected chi connectivity index (χ0v) is 18.6. The molecule has 0 atom stereocenters. The van der Waals surface area contributed by atoms with E-state index in [1.165, 1.54) is 0 Å². The Kier molecular flexibility index (Phi) is 4.48. The molecule has 4 aromatic heterocycles. The predicted molar refractivity (Wildman–Crippen MR) is 123 cm³/mol. The molecular formula is C22H22ClN7O. The van der Waals surface area contributed by atoms with E-state index in [9.17, 15) is 4.79 Å². The first kappa shape index (κ1) is 19.6. The lowest BCUT2D eigenvalue weighted by Gasteiger charge is -2.36. The van der Waals surface area contributed by atoms with Gasteiger partial charge >= 0.3 is 0 Å². The van der Waals surface area contributed by atoms with Crippen molar-refractivity contribution in [3.63, 3.8) is 0 Å². The molecule has 8 nitrogen and oxygen atoms in total. The van der Waals surface area contributed by atoms with Crippen molar-refractivity contribution in [1.29, 1.82) is 0 Å². The topological polar surface area (TPSA) is 72.1 Å². The van der Waals surface area contributed by atoms with Crippen molar-refractivity contribution in [2.45, 2.75) is 6.92 Å². The van der Waals surface area contributed by atoms with Gasteiger partial charge in [0.2, 0.25) is 0 Å². The summed E-state index contributed by atoms with van der Waals surface area (Å²) in [6, 6.07) is 5.79. The fraction of sp³-hybridized carbons (Fsp3) is 0.273. The highest BCUT2D eigenvalue weighted by molar-refractivity contribution is 6.34. The van der Waals surface area contributed by atoms with E-state index < -0.39 is 0 Å². The molecule has 0 aliphatic carbocycles. The highest BCUT2D eigenvalue weighted by Gasteiger charge is 2.25. The van der Waals surface area contributed by atoms with Crippen molar-refractivity contribution in [3.8, 4) is 11.3 Å². The molecule has 5 rings (SSSR count). The van der Waals surface area contributed by atoms with E-state index in [1.807, 2.05) is 31.7 Å². The third kappa shape index (κ3) is 3.14. The lowest BCUT2D eigenvalue weighted by molar-refractivity contribution is 0.768. The normalized spacial score (nSPS) is 13.7. The van der Waals surface area contributed by atoms with Crippen LogP contribution in [-0.4, -0.2) is 44.5 Å². The van der Waals surface area contributed by atoms with Crippen LogP contribution in [0.1, 0.15) is 5.56 Å². The largest absolute Gasteiger partial charge is 0.371 e. The first-order chi connectivity index (χ1) is 14.8. The van der Waals surface area contributed by atoms with Crippen LogP contribution in [0.15, 0.2) is 41.6 Å². The van der Waals surface area contributed by atoms with Crippen LogP contribution in [0.25, 0.3) is 22.2 Å². The van der Waals surface area contributed by atoms with E-state index in [0.717, 1.165) is 46.6 Å². The Hall–Kier alpha value is -3.39. The molecule has 0 spiro atoms. The molecule has 0 unspecified atom stereocenters. The van der Waals surface area contributed by atoms with E-state index in [2.05, 4.69) is 38.0 Å². The summed E-state index contributed by atoms with van der Waals surface area (Å²) in [5.41, 5.74) is 5.19. The van der Waals surface area contributed by atoms with Gasteiger partial charge in [-0.2, -0.15) is 5.10 Å². The van der Waals surface area contributed by atoms with E-state index >= 15 is 0 Å². The van der Waals surface area contributed by atoms with Gasteiger partial charge < -0.3 is 14.4 Å². The fourth-order valence-electron chi connectivity index (χ4n) is 4.09. The number of aromatic nitrogens is 5. The zero-order valence-electron chi connectivity index (χ0n) is 17.8. The molecule has 0 bridgehead atoms. The number of aryl methyl sites for hydroxylation is 3. The van der Waals surface area contributed by atoms with Gasteiger partial charge in [-0.05, 0) is 19.1 Å². The average Bonchev–Trinajstić information content (AvgIpc) is 3.19. The van der Waals surface area contributed by atoms with Gasteiger partial charge in [0.25, 0.3) is 5.56 Å². The fourth-order valence-corrected chi connectivity index (χ4v) is 4.33. The molecule has 9 heteroatoms. The van der Waals surface area contributed by atoms with Crippen molar-refractivity contribution >= 4 is 39.7 Å². The Morgan fingerprint density at radius 2 is 1.84 bits per heavy atom. The third-order valence-corrected chi connectivity index (χ3v) is 6.13. The molecule has 0 fully saturated rings. The van der Waals surface area contributed by atoms with Crippen LogP contribution in [0, 0.1) is 6.92 Å². The first-order valence-electron chi connectivity index (χ1n) is 9.98. The molecule has 31 heavy (non-hydrogen) atoms. The van der Waals surface area contributed by atoms with Gasteiger partial charge in [-0.15, -0.1) is 0 Å². The third-order valence-electron chi connectivity index (χ3n) is 5.84. The van der Waals surface area contributed by atoms with Crippen LogP contribution in [0.4, 0.5) is 17.2 Å². The van der Waals surface area contributed by atoms with Gasteiger partial charge in [-0.25, -0.2) is 4.98 Å². The van der Waals surface area contributed by atoms with E-state index in [1.54, 1.807) is 29.3 Å². The molecule has 1 aliphatic rings. The second kappa shape index (κ2) is 7.09. The lowest BCUT2D eigenvalue weighted by Crippen LogP contribution is -2.37. The molecule has 0 saturated carbocycles. The molecule has 4 aromatic rings. The van der Waals surface area contributed by atoms with Crippen LogP contribution < -0.4 is 15.4 Å². The van der Waals surface area contributed by atoms with E-state index in [-0.39, 0.29) is 5.56 Å². The van der Waals surface area contributed by atoms with Gasteiger partial charge in [0, 0.05) is 63.0 Å². The Labute approximate surface area is 184 Å². The summed E-state index contributed by atoms with van der Waals surface area (Å²) < 4.78 is 3.39. The summed E-state index contributed by atoms with van der Waals surface area (Å²) in [6.45, 7) is 3.33. The lowest BCUT2D eigenvalue weighted by atomic mass is 10.1. The number of hydrogen-bond donors (Lipinski definition) is 0. The van der Waals surface area contributed by atoms with Crippen LogP contribution >= 0.6 is 11.6 Å². The molecular weight excluding hydrogens is 414 g/mol. The van der Waals surface area contributed by atoms with Gasteiger partial charge in [0.05, 0.1) is 35.0 Å². The number of likely N-dealkylation sites (N-methyl/N-ethyl adjacent to an activating group) is 1. The van der Waals surface area contributed by atoms with Gasteiger partial charge in [-0.1, -0.05) is 11.6 Å². The number of nitrogens with zero attached hydrogens (tertiary/aromatic N) is 7. The Bertz CT molecular complexity index is 1390. The van der Waals surface area contributed by atoms with Crippen LogP contribution in [0.2, 0.25) is 5.15 Å². The molecule has 1 aliphatic heterocycles. The van der Waals surface area contributed by atoms with Crippen LogP contribution in [0.5, 0.6) is 0 Å². The van der Waals surface area contributed by atoms with Crippen molar-refractivity contribution in [1.82, 2.24) is 24.3 Å². The minimum Gasteiger partial charge on any atom is -0.371 e. The molecule has 158 valence electrons. The highest BCUT2D eigenvalue weighted by atomic mass is 35.5. The van der Waals surface area contributed by atoms with Gasteiger partial charge in [0.1, 0.15) is 11.0 Å². The second-order valence-electron chi connectivity index (χ2n) is 7.93. The SMILES string of the molecule is Cc1cc2c(Cl)nc(N3CCN(C)c4cc(-c5cnn(C)c5)ncc43)cc2n(C)c1=O. The van der Waals surface area contributed by atoms with Crippen LogP contribution in [0.3, 0.4) is 0 Å². The number of hydrogen-bond acceptors (Lipinski definition) is 6. The average molecular weight is 436 g/mol. The monoisotopic (exact) mass is 435 g/mol. The standard InChI is InChI=1S/C22H22ClN7O/c1-13-7-15-17(29(4)22(13)31)9-20(26-21(15)23)30-6-5-27(2)18-8-16(24-11-19(18)30)14-10-25-28(3)12-14/h7-12H,5-6H2,1-4H3. The number of pyridine rings is 3. The van der Waals surface area contributed by atoms with Crippen molar-refractivity contribution in [2.24, 2.45) is 14.1 Å². The quantitative estimate of drug-likeness (QED) is 0.450. The summed E-state index contributed by atoms with van der Waals surface area (Å²) in [7, 11) is 5.72. The van der Waals surface area contributed by atoms with Crippen molar-refractivity contribution < 1.29 is 0 Å². The maximum absolute atomic E-state index is 12.5. The second-order valence-corrected chi connectivity index (χ2v) is 8.29. The smallest absolute Gasteiger partial charge is 0.253 e. The molecule has 0 radical (unpaired) electrons. The number of rotatable bonds is 2. The molecule has 0 amide bonds. The number of halogens is 1. The van der Waals surface area contributed by atoms with E-state index in [4.69, 9.17) is 11.6 Å². The Morgan fingerprint density at radius 3 is 2.58 bits per heavy atom. The van der Waals surface area contributed by atoms with Gasteiger partial charge in [-0.3, -0.25) is 14.5 Å². The van der Waals surface area contributed by atoms with E-state index in [0.29, 0.717) is 16.5 Å². The molecule has 0 saturated heterocycles. The van der Waals surface area contributed by atoms with Gasteiger partial charge in [0.15, 0.2) is 0 Å². The number of fused-ring (bicyclic) bond motifs is 2. The maximum Gasteiger partial charge on any atom is 0.253 e. The highest BCUT2D eigenvalue weighted by Crippen LogP contribution is 2.39. The Balaban J connectivity index is 1.65. The Morgan fingerprint density at radius 1 is 1.03 bits per heavy atom. The summed E-state index contributed by atoms with van der Waals surface area (Å²) in [5, 5.41) is 5.40. The summed E-state index contributed by atoms with van der Waals surface area (Å²) in [6.07, 6.45) is 5.62. The first-order valence-corrected chi connectivity index (χ1v) is 10.4. The summed E-state index contributed by atoms with van der Waals surface area (Å²) >= 11 is 6.55. The van der Waals surface area contributed by atoms with Crippen LogP contribution in [-0.2, 0) is 14.1 Å². The molecule has 0 N–H and O–H groups in total. The molecule has 5 heterocycles. The van der Waals surface area contributed by atoms with Crippen molar-refractivity contribution in [3.05, 3.63) is 57.9 Å². The predicted octanol–water partition coefficient (Wildman–Crippen LogP) is 3.28. The number of anilines is 3. The minimum atomic E-state index is -0.0396. The summed E-state index contributed by atoms with van der Waals surface area (Å²) in [4.78, 5) is 26.1. The van der Waals surface area contributed by atoms with Crippen molar-refractivity contribution in [2.75, 3.05) is 29.9 Å². The minimum absolute atomic E-state index is 0.0396. The summed E-state index contributed by atoms with van der Waals surface area (Å²) in [5.74, 6) is 0.696. The molecule has 0 aromatic carbocycles.